The van der Waals surface area contributed by atoms with Gasteiger partial charge in [0.2, 0.25) is 0 Å². The molecule has 1 aromatic heterocycles. The second kappa shape index (κ2) is 5.00. The van der Waals surface area contributed by atoms with Crippen LogP contribution in [0.1, 0.15) is 5.56 Å². The molecule has 0 spiro atoms. The van der Waals surface area contributed by atoms with Crippen LogP contribution in [0.2, 0.25) is 10.0 Å². The Labute approximate surface area is 126 Å². The van der Waals surface area contributed by atoms with Crippen molar-refractivity contribution in [2.75, 3.05) is 0 Å². The Bertz CT molecular complexity index is 828. The highest BCUT2D eigenvalue weighted by Crippen LogP contribution is 2.25. The normalized spacial score (nSPS) is 11.2. The third-order valence-corrected chi connectivity index (χ3v) is 4.14. The first kappa shape index (κ1) is 13.3. The molecule has 0 aliphatic carbocycles. The Morgan fingerprint density at radius 2 is 1.55 bits per heavy atom. The minimum absolute atomic E-state index is 0.0813. The van der Waals surface area contributed by atoms with Crippen LogP contribution in [-0.2, 0) is 13.6 Å². The lowest BCUT2D eigenvalue weighted by Crippen LogP contribution is -2.22. The van der Waals surface area contributed by atoms with E-state index in [2.05, 4.69) is 0 Å². The summed E-state index contributed by atoms with van der Waals surface area (Å²) in [5.74, 6) is 0. The topological polar surface area (TPSA) is 26.9 Å². The lowest BCUT2D eigenvalue weighted by Gasteiger charge is -2.08. The molecule has 0 fully saturated rings. The first-order valence-electron chi connectivity index (χ1n) is 6.16. The standard InChI is InChI=1S/C15H12Cl2N2O/c1-18-13-7-2-3-8-14(13)19(15(18)20)9-10-11(16)5-4-6-12(10)17/h2-8H,9H2,1H3. The molecule has 0 saturated carbocycles. The fourth-order valence-electron chi connectivity index (χ4n) is 2.36. The van der Waals surface area contributed by atoms with Crippen molar-refractivity contribution in [2.45, 2.75) is 6.54 Å². The van der Waals surface area contributed by atoms with Gasteiger partial charge in [-0.1, -0.05) is 41.4 Å². The summed E-state index contributed by atoms with van der Waals surface area (Å²) < 4.78 is 3.31. The van der Waals surface area contributed by atoms with Crippen molar-refractivity contribution < 1.29 is 0 Å². The average molecular weight is 307 g/mol. The molecule has 0 aliphatic heterocycles. The van der Waals surface area contributed by atoms with Gasteiger partial charge in [0, 0.05) is 22.7 Å². The Balaban J connectivity index is 2.22. The Kier molecular flexibility index (Phi) is 3.32. The molecular formula is C15H12Cl2N2O. The predicted octanol–water partition coefficient (Wildman–Crippen LogP) is 3.70. The van der Waals surface area contributed by atoms with Crippen molar-refractivity contribution in [3.05, 3.63) is 68.6 Å². The van der Waals surface area contributed by atoms with E-state index in [-0.39, 0.29) is 5.69 Å². The summed E-state index contributed by atoms with van der Waals surface area (Å²) >= 11 is 12.4. The molecule has 20 heavy (non-hydrogen) atoms. The van der Waals surface area contributed by atoms with Gasteiger partial charge in [0.25, 0.3) is 0 Å². The summed E-state index contributed by atoms with van der Waals surface area (Å²) in [5, 5.41) is 1.13. The summed E-state index contributed by atoms with van der Waals surface area (Å²) in [4.78, 5) is 12.4. The van der Waals surface area contributed by atoms with Crippen molar-refractivity contribution in [3.63, 3.8) is 0 Å². The fourth-order valence-corrected chi connectivity index (χ4v) is 2.87. The number of hydrogen-bond acceptors (Lipinski definition) is 1. The zero-order valence-corrected chi connectivity index (χ0v) is 12.3. The molecule has 3 nitrogen and oxygen atoms in total. The minimum Gasteiger partial charge on any atom is -0.295 e. The second-order valence-electron chi connectivity index (χ2n) is 4.62. The van der Waals surface area contributed by atoms with E-state index < -0.39 is 0 Å². The summed E-state index contributed by atoms with van der Waals surface area (Å²) in [7, 11) is 1.76. The molecule has 3 aromatic rings. The maximum absolute atomic E-state index is 12.4. The number of fused-ring (bicyclic) bond motifs is 1. The Morgan fingerprint density at radius 3 is 2.20 bits per heavy atom. The largest absolute Gasteiger partial charge is 0.329 e. The highest BCUT2D eigenvalue weighted by atomic mass is 35.5. The summed E-state index contributed by atoms with van der Waals surface area (Å²) in [5.41, 5.74) is 2.44. The van der Waals surface area contributed by atoms with Crippen LogP contribution >= 0.6 is 23.2 Å². The highest BCUT2D eigenvalue weighted by Gasteiger charge is 2.13. The van der Waals surface area contributed by atoms with Gasteiger partial charge < -0.3 is 0 Å². The zero-order chi connectivity index (χ0) is 14.3. The molecular weight excluding hydrogens is 295 g/mol. The minimum atomic E-state index is -0.0813. The molecule has 0 N–H and O–H groups in total. The van der Waals surface area contributed by atoms with E-state index in [1.54, 1.807) is 34.4 Å². The number of benzene rings is 2. The van der Waals surface area contributed by atoms with Crippen LogP contribution in [0.25, 0.3) is 11.0 Å². The second-order valence-corrected chi connectivity index (χ2v) is 5.43. The van der Waals surface area contributed by atoms with Crippen LogP contribution in [0, 0.1) is 0 Å². The van der Waals surface area contributed by atoms with Gasteiger partial charge >= 0.3 is 5.69 Å². The number of aromatic nitrogens is 2. The van der Waals surface area contributed by atoms with E-state index in [4.69, 9.17) is 23.2 Å². The van der Waals surface area contributed by atoms with Gasteiger partial charge in [0.15, 0.2) is 0 Å². The van der Waals surface area contributed by atoms with E-state index in [1.807, 2.05) is 24.3 Å². The molecule has 2 aromatic carbocycles. The number of para-hydroxylation sites is 2. The van der Waals surface area contributed by atoms with E-state index in [1.165, 1.54) is 0 Å². The molecule has 3 rings (SSSR count). The first-order chi connectivity index (χ1) is 9.59. The van der Waals surface area contributed by atoms with Crippen LogP contribution in [-0.4, -0.2) is 9.13 Å². The van der Waals surface area contributed by atoms with Crippen LogP contribution in [0.15, 0.2) is 47.3 Å². The van der Waals surface area contributed by atoms with Gasteiger partial charge in [-0.05, 0) is 24.3 Å². The molecule has 1 heterocycles. The first-order valence-corrected chi connectivity index (χ1v) is 6.92. The van der Waals surface area contributed by atoms with Gasteiger partial charge in [-0.2, -0.15) is 0 Å². The van der Waals surface area contributed by atoms with Gasteiger partial charge in [-0.25, -0.2) is 4.79 Å². The number of hydrogen-bond donors (Lipinski definition) is 0. The van der Waals surface area contributed by atoms with Crippen LogP contribution in [0.3, 0.4) is 0 Å². The highest BCUT2D eigenvalue weighted by molar-refractivity contribution is 6.36. The van der Waals surface area contributed by atoms with E-state index in [0.717, 1.165) is 16.6 Å². The third-order valence-electron chi connectivity index (χ3n) is 3.43. The molecule has 0 radical (unpaired) electrons. The molecule has 102 valence electrons. The quantitative estimate of drug-likeness (QED) is 0.709. The predicted molar refractivity (Wildman–Crippen MR) is 82.7 cm³/mol. The van der Waals surface area contributed by atoms with Crippen LogP contribution in [0.5, 0.6) is 0 Å². The molecule has 0 atom stereocenters. The van der Waals surface area contributed by atoms with E-state index >= 15 is 0 Å². The summed E-state index contributed by atoms with van der Waals surface area (Å²) in [6.07, 6.45) is 0. The van der Waals surface area contributed by atoms with Gasteiger partial charge in [0.1, 0.15) is 0 Å². The fraction of sp³-hybridized carbons (Fsp3) is 0.133. The van der Waals surface area contributed by atoms with E-state index in [0.29, 0.717) is 16.6 Å². The van der Waals surface area contributed by atoms with Gasteiger partial charge in [-0.3, -0.25) is 9.13 Å². The van der Waals surface area contributed by atoms with Crippen molar-refractivity contribution in [1.82, 2.24) is 9.13 Å². The number of rotatable bonds is 2. The third kappa shape index (κ3) is 2.03. The van der Waals surface area contributed by atoms with Crippen molar-refractivity contribution in [3.8, 4) is 0 Å². The van der Waals surface area contributed by atoms with Gasteiger partial charge in [-0.15, -0.1) is 0 Å². The average Bonchev–Trinajstić information content (AvgIpc) is 2.68. The van der Waals surface area contributed by atoms with Crippen LogP contribution < -0.4 is 5.69 Å². The molecule has 5 heteroatoms. The number of aryl methyl sites for hydroxylation is 1. The maximum Gasteiger partial charge on any atom is 0.329 e. The summed E-state index contributed by atoms with van der Waals surface area (Å²) in [6.45, 7) is 0.360. The SMILES string of the molecule is Cn1c(=O)n(Cc2c(Cl)cccc2Cl)c2ccccc21. The number of nitrogens with zero attached hydrogens (tertiary/aromatic N) is 2. The Hall–Kier alpha value is -1.71. The summed E-state index contributed by atoms with van der Waals surface area (Å²) in [6, 6.07) is 13.0. The molecule has 0 amide bonds. The molecule has 0 unspecified atom stereocenters. The van der Waals surface area contributed by atoms with Crippen molar-refractivity contribution in [1.29, 1.82) is 0 Å². The van der Waals surface area contributed by atoms with Gasteiger partial charge in [0.05, 0.1) is 17.6 Å². The van der Waals surface area contributed by atoms with Crippen molar-refractivity contribution >= 4 is 34.2 Å². The molecule has 0 aliphatic rings. The van der Waals surface area contributed by atoms with Crippen molar-refractivity contribution in [2.24, 2.45) is 7.05 Å². The maximum atomic E-state index is 12.4. The Morgan fingerprint density at radius 1 is 0.950 bits per heavy atom. The zero-order valence-electron chi connectivity index (χ0n) is 10.8. The molecule has 0 bridgehead atoms. The number of halogens is 2. The lowest BCUT2D eigenvalue weighted by molar-refractivity contribution is 0.736. The van der Waals surface area contributed by atoms with E-state index in [9.17, 15) is 4.79 Å². The lowest BCUT2D eigenvalue weighted by atomic mass is 10.2. The smallest absolute Gasteiger partial charge is 0.295 e. The van der Waals surface area contributed by atoms with Crippen LogP contribution in [0.4, 0.5) is 0 Å². The molecule has 0 saturated heterocycles. The number of imidazole rings is 1. The monoisotopic (exact) mass is 306 g/mol.